The molecule has 1 atom stereocenters. The zero-order valence-electron chi connectivity index (χ0n) is 14.3. The van der Waals surface area contributed by atoms with E-state index in [9.17, 15) is 4.39 Å². The third-order valence-corrected chi connectivity index (χ3v) is 4.38. The van der Waals surface area contributed by atoms with Crippen LogP contribution in [0.3, 0.4) is 0 Å². The van der Waals surface area contributed by atoms with Gasteiger partial charge >= 0.3 is 0 Å². The molecule has 0 saturated heterocycles. The van der Waals surface area contributed by atoms with Gasteiger partial charge < -0.3 is 14.5 Å². The van der Waals surface area contributed by atoms with Gasteiger partial charge in [-0.25, -0.2) is 4.39 Å². The Morgan fingerprint density at radius 2 is 1.68 bits per heavy atom. The van der Waals surface area contributed by atoms with E-state index in [0.29, 0.717) is 0 Å². The molecule has 3 nitrogen and oxygen atoms in total. The number of quaternary nitrogens is 1. The fourth-order valence-electron chi connectivity index (χ4n) is 3.01. The first-order valence-corrected chi connectivity index (χ1v) is 8.49. The average molecular weight is 340 g/mol. The molecule has 25 heavy (non-hydrogen) atoms. The molecule has 0 aliphatic rings. The first-order valence-electron chi connectivity index (χ1n) is 8.49. The number of furan rings is 1. The summed E-state index contributed by atoms with van der Waals surface area (Å²) in [6, 6.07) is 18.8. The van der Waals surface area contributed by atoms with E-state index in [0.717, 1.165) is 36.6 Å². The molecule has 130 valence electrons. The Morgan fingerprint density at radius 1 is 1.00 bits per heavy atom. The summed E-state index contributed by atoms with van der Waals surface area (Å²) in [5, 5.41) is 2.24. The minimum Gasteiger partial charge on any atom is -0.497 e. The molecular weight excluding hydrogens is 317 g/mol. The lowest BCUT2D eigenvalue weighted by atomic mass is 9.88. The van der Waals surface area contributed by atoms with E-state index in [4.69, 9.17) is 9.15 Å². The third-order valence-electron chi connectivity index (χ3n) is 4.38. The van der Waals surface area contributed by atoms with Crippen molar-refractivity contribution < 1.29 is 18.9 Å². The molecule has 1 heterocycles. The van der Waals surface area contributed by atoms with Crippen molar-refractivity contribution in [1.29, 1.82) is 0 Å². The van der Waals surface area contributed by atoms with Gasteiger partial charge in [0, 0.05) is 12.3 Å². The van der Waals surface area contributed by atoms with Crippen LogP contribution >= 0.6 is 0 Å². The van der Waals surface area contributed by atoms with Crippen LogP contribution in [0.5, 0.6) is 5.75 Å². The Kier molecular flexibility index (Phi) is 5.86. The Hall–Kier alpha value is -2.59. The zero-order valence-corrected chi connectivity index (χ0v) is 14.3. The second kappa shape index (κ2) is 8.49. The van der Waals surface area contributed by atoms with Crippen molar-refractivity contribution >= 4 is 0 Å². The Bertz CT molecular complexity index is 752. The van der Waals surface area contributed by atoms with E-state index in [2.05, 4.69) is 17.4 Å². The number of methoxy groups -OCH3 is 1. The summed E-state index contributed by atoms with van der Waals surface area (Å²) in [5.74, 6) is 1.83. The lowest BCUT2D eigenvalue weighted by molar-refractivity contribution is -0.672. The molecule has 0 spiro atoms. The van der Waals surface area contributed by atoms with Crippen LogP contribution in [0.4, 0.5) is 4.39 Å². The summed E-state index contributed by atoms with van der Waals surface area (Å²) in [7, 11) is 1.66. The van der Waals surface area contributed by atoms with Gasteiger partial charge in [0.25, 0.3) is 0 Å². The maximum absolute atomic E-state index is 13.3. The molecule has 2 aromatic carbocycles. The van der Waals surface area contributed by atoms with Gasteiger partial charge in [-0.2, -0.15) is 0 Å². The molecular formula is C21H23FNO2+. The Balaban J connectivity index is 1.70. The number of ether oxygens (including phenoxy) is 1. The van der Waals surface area contributed by atoms with Gasteiger partial charge in [0.15, 0.2) is 5.76 Å². The molecule has 0 saturated carbocycles. The number of nitrogens with two attached hydrogens (primary N) is 1. The van der Waals surface area contributed by atoms with Crippen LogP contribution in [0.15, 0.2) is 71.3 Å². The molecule has 0 unspecified atom stereocenters. The van der Waals surface area contributed by atoms with Gasteiger partial charge in [-0.05, 0) is 47.5 Å². The van der Waals surface area contributed by atoms with Crippen LogP contribution in [0.25, 0.3) is 0 Å². The van der Waals surface area contributed by atoms with Crippen LogP contribution in [0, 0.1) is 5.82 Å². The predicted molar refractivity (Wildman–Crippen MR) is 95.1 cm³/mol. The van der Waals surface area contributed by atoms with Gasteiger partial charge in [-0.15, -0.1) is 0 Å². The van der Waals surface area contributed by atoms with Crippen LogP contribution in [-0.4, -0.2) is 13.7 Å². The van der Waals surface area contributed by atoms with E-state index in [1.807, 2.05) is 36.4 Å². The largest absolute Gasteiger partial charge is 0.497 e. The minimum absolute atomic E-state index is 0.207. The smallest absolute Gasteiger partial charge is 0.157 e. The van der Waals surface area contributed by atoms with Crippen molar-refractivity contribution in [3.05, 3.63) is 89.6 Å². The summed E-state index contributed by atoms with van der Waals surface area (Å²) in [6.07, 6.45) is 2.65. The van der Waals surface area contributed by atoms with Crippen molar-refractivity contribution in [1.82, 2.24) is 0 Å². The topological polar surface area (TPSA) is 39.0 Å². The first-order chi connectivity index (χ1) is 12.3. The van der Waals surface area contributed by atoms with Gasteiger partial charge in [0.2, 0.25) is 0 Å². The highest BCUT2D eigenvalue weighted by atomic mass is 19.1. The fourth-order valence-corrected chi connectivity index (χ4v) is 3.01. The van der Waals surface area contributed by atoms with Crippen molar-refractivity contribution in [2.24, 2.45) is 0 Å². The van der Waals surface area contributed by atoms with Crippen LogP contribution < -0.4 is 10.1 Å². The zero-order chi connectivity index (χ0) is 17.5. The quantitative estimate of drug-likeness (QED) is 0.635. The monoisotopic (exact) mass is 340 g/mol. The van der Waals surface area contributed by atoms with Crippen molar-refractivity contribution in [3.63, 3.8) is 0 Å². The van der Waals surface area contributed by atoms with Gasteiger partial charge in [-0.3, -0.25) is 0 Å². The standard InChI is InChI=1S/C21H22FNO2/c1-24-19-10-6-17(7-11-19)21(16-4-8-18(22)9-5-16)12-13-23-15-20-3-2-14-25-20/h2-11,14,21,23H,12-13,15H2,1H3/p+1/t21-/m1/s1. The van der Waals surface area contributed by atoms with Crippen LogP contribution in [0.2, 0.25) is 0 Å². The summed E-state index contributed by atoms with van der Waals surface area (Å²) >= 11 is 0. The number of halogens is 1. The first kappa shape index (κ1) is 17.2. The van der Waals surface area contributed by atoms with Crippen molar-refractivity contribution in [2.45, 2.75) is 18.9 Å². The molecule has 3 rings (SSSR count). The lowest BCUT2D eigenvalue weighted by Crippen LogP contribution is -2.82. The van der Waals surface area contributed by atoms with Crippen molar-refractivity contribution in [3.8, 4) is 5.75 Å². The van der Waals surface area contributed by atoms with Gasteiger partial charge in [0.05, 0.1) is 19.9 Å². The lowest BCUT2D eigenvalue weighted by Gasteiger charge is -2.18. The molecule has 0 radical (unpaired) electrons. The second-order valence-electron chi connectivity index (χ2n) is 6.03. The molecule has 1 aromatic heterocycles. The average Bonchev–Trinajstić information content (AvgIpc) is 3.16. The van der Waals surface area contributed by atoms with Crippen LogP contribution in [0.1, 0.15) is 29.2 Å². The summed E-state index contributed by atoms with van der Waals surface area (Å²) < 4.78 is 23.9. The van der Waals surface area contributed by atoms with E-state index in [1.54, 1.807) is 13.4 Å². The maximum Gasteiger partial charge on any atom is 0.157 e. The summed E-state index contributed by atoms with van der Waals surface area (Å²) in [5.41, 5.74) is 2.33. The number of hydrogen-bond donors (Lipinski definition) is 1. The van der Waals surface area contributed by atoms with E-state index < -0.39 is 0 Å². The van der Waals surface area contributed by atoms with E-state index in [1.165, 1.54) is 17.7 Å². The molecule has 0 bridgehead atoms. The minimum atomic E-state index is -0.207. The SMILES string of the molecule is COc1ccc([C@H](CC[NH2+]Cc2ccco2)c2ccc(F)cc2)cc1. The second-order valence-corrected chi connectivity index (χ2v) is 6.03. The molecule has 0 fully saturated rings. The maximum atomic E-state index is 13.3. The highest BCUT2D eigenvalue weighted by Crippen LogP contribution is 2.29. The molecule has 0 aliphatic heterocycles. The molecule has 0 amide bonds. The predicted octanol–water partition coefficient (Wildman–Crippen LogP) is 3.71. The Morgan fingerprint density at radius 3 is 2.28 bits per heavy atom. The fraction of sp³-hybridized carbons (Fsp3) is 0.238. The number of hydrogen-bond acceptors (Lipinski definition) is 2. The summed E-state index contributed by atoms with van der Waals surface area (Å²) in [6.45, 7) is 1.78. The Labute approximate surface area is 147 Å². The van der Waals surface area contributed by atoms with Gasteiger partial charge in [-0.1, -0.05) is 24.3 Å². The molecule has 0 aliphatic carbocycles. The van der Waals surface area contributed by atoms with Gasteiger partial charge in [0.1, 0.15) is 18.1 Å². The molecule has 3 aromatic rings. The van der Waals surface area contributed by atoms with Crippen molar-refractivity contribution in [2.75, 3.05) is 13.7 Å². The highest BCUT2D eigenvalue weighted by molar-refractivity contribution is 5.36. The van der Waals surface area contributed by atoms with E-state index in [-0.39, 0.29) is 11.7 Å². The number of rotatable bonds is 8. The van der Waals surface area contributed by atoms with E-state index >= 15 is 0 Å². The highest BCUT2D eigenvalue weighted by Gasteiger charge is 2.15. The van der Waals surface area contributed by atoms with Crippen LogP contribution in [-0.2, 0) is 6.54 Å². The normalized spacial score (nSPS) is 12.1. The number of benzene rings is 2. The molecule has 4 heteroatoms. The summed E-state index contributed by atoms with van der Waals surface area (Å²) in [4.78, 5) is 0. The third kappa shape index (κ3) is 4.70. The molecule has 2 N–H and O–H groups in total.